The van der Waals surface area contributed by atoms with Crippen molar-refractivity contribution in [2.75, 3.05) is 25.3 Å². The lowest BCUT2D eigenvalue weighted by molar-refractivity contribution is -0.392. The molecular formula is C37H42Cl2N6O12S. The van der Waals surface area contributed by atoms with Gasteiger partial charge in [-0.15, -0.1) is 0 Å². The lowest BCUT2D eigenvalue weighted by Crippen LogP contribution is -2.19. The SMILES string of the molecule is CCC(CC)Nc1c([N+](=O)[O-])cc(C)c(C)c1[N+](=O)[O-].COc1c(Cl)ccc(Cl)c1C(=O)O.Cc1c(C(=O)c2cnn(C)c2O)ccc(S(C)(=O)=O)c1C1=NOCC1. The van der Waals surface area contributed by atoms with Crippen molar-refractivity contribution in [3.05, 3.63) is 106 Å². The number of nitrogens with one attached hydrogen (secondary N) is 1. The van der Waals surface area contributed by atoms with Crippen molar-refractivity contribution in [2.24, 2.45) is 12.2 Å². The fourth-order valence-corrected chi connectivity index (χ4v) is 7.26. The van der Waals surface area contributed by atoms with Crippen LogP contribution in [0.15, 0.2) is 46.6 Å². The molecule has 4 aromatic rings. The van der Waals surface area contributed by atoms with Gasteiger partial charge >= 0.3 is 11.7 Å². The molecule has 0 atom stereocenters. The highest BCUT2D eigenvalue weighted by molar-refractivity contribution is 7.90. The number of hydrogen-bond acceptors (Lipinski definition) is 14. The lowest BCUT2D eigenvalue weighted by Gasteiger charge is -2.17. The normalized spacial score (nSPS) is 12.0. The van der Waals surface area contributed by atoms with E-state index >= 15 is 0 Å². The average molecular weight is 866 g/mol. The van der Waals surface area contributed by atoms with Crippen LogP contribution in [-0.4, -0.2) is 81.7 Å². The summed E-state index contributed by atoms with van der Waals surface area (Å²) in [6.07, 6.45) is 4.31. The van der Waals surface area contributed by atoms with E-state index in [-0.39, 0.29) is 66.4 Å². The first-order valence-corrected chi connectivity index (χ1v) is 20.0. The Morgan fingerprint density at radius 2 is 1.66 bits per heavy atom. The van der Waals surface area contributed by atoms with Gasteiger partial charge in [-0.2, -0.15) is 5.10 Å². The number of sulfone groups is 1. The quantitative estimate of drug-likeness (QED) is 0.0704. The van der Waals surface area contributed by atoms with Gasteiger partial charge in [0.15, 0.2) is 27.1 Å². The van der Waals surface area contributed by atoms with E-state index in [2.05, 4.69) is 15.6 Å². The van der Waals surface area contributed by atoms with Gasteiger partial charge in [0.25, 0.3) is 5.69 Å². The van der Waals surface area contributed by atoms with Crippen LogP contribution in [0.4, 0.5) is 17.1 Å². The highest BCUT2D eigenvalue weighted by atomic mass is 35.5. The van der Waals surface area contributed by atoms with Gasteiger partial charge in [-0.3, -0.25) is 25.0 Å². The summed E-state index contributed by atoms with van der Waals surface area (Å²) < 4.78 is 30.3. The van der Waals surface area contributed by atoms with Crippen LogP contribution in [0.2, 0.25) is 10.0 Å². The number of nitrogens with zero attached hydrogens (tertiary/aromatic N) is 5. The molecule has 58 heavy (non-hydrogen) atoms. The Kier molecular flexibility index (Phi) is 15.7. The number of rotatable bonds is 12. The Labute approximate surface area is 343 Å². The van der Waals surface area contributed by atoms with Gasteiger partial charge in [-0.1, -0.05) is 42.2 Å². The van der Waals surface area contributed by atoms with Crippen molar-refractivity contribution in [3.63, 3.8) is 0 Å². The number of carbonyl (C=O) groups excluding carboxylic acids is 1. The van der Waals surface area contributed by atoms with Crippen LogP contribution < -0.4 is 10.1 Å². The topological polar surface area (TPSA) is 256 Å². The molecule has 21 heteroatoms. The van der Waals surface area contributed by atoms with E-state index in [1.165, 1.54) is 55.4 Å². The van der Waals surface area contributed by atoms with Crippen LogP contribution in [0.1, 0.15) is 81.6 Å². The molecule has 0 aliphatic carbocycles. The van der Waals surface area contributed by atoms with Crippen LogP contribution >= 0.6 is 23.2 Å². The van der Waals surface area contributed by atoms with Gasteiger partial charge in [0.05, 0.1) is 43.8 Å². The zero-order valence-electron chi connectivity index (χ0n) is 32.7. The maximum absolute atomic E-state index is 12.8. The molecule has 0 amide bonds. The fourth-order valence-electron chi connectivity index (χ4n) is 5.84. The number of methoxy groups -OCH3 is 1. The number of ketones is 1. The number of aromatic nitrogens is 2. The number of ether oxygens (including phenoxy) is 1. The summed E-state index contributed by atoms with van der Waals surface area (Å²) in [6.45, 7) is 9.12. The molecule has 18 nitrogen and oxygen atoms in total. The molecule has 5 rings (SSSR count). The zero-order valence-corrected chi connectivity index (χ0v) is 35.1. The fraction of sp³-hybridized carbons (Fsp3) is 0.351. The monoisotopic (exact) mass is 864 g/mol. The van der Waals surface area contributed by atoms with Gasteiger partial charge in [-0.25, -0.2) is 17.9 Å². The van der Waals surface area contributed by atoms with E-state index < -0.39 is 31.4 Å². The molecule has 1 aliphatic rings. The predicted molar refractivity (Wildman–Crippen MR) is 217 cm³/mol. The average Bonchev–Trinajstić information content (AvgIpc) is 3.81. The molecule has 0 unspecified atom stereocenters. The summed E-state index contributed by atoms with van der Waals surface area (Å²) in [5.74, 6) is -1.77. The number of carboxylic acid groups (broad SMARTS) is 1. The number of benzene rings is 3. The maximum Gasteiger partial charge on any atom is 0.341 e. The number of aromatic hydroxyl groups is 1. The third kappa shape index (κ3) is 10.4. The van der Waals surface area contributed by atoms with Crippen molar-refractivity contribution in [1.29, 1.82) is 0 Å². The molecule has 3 N–H and O–H groups in total. The Balaban J connectivity index is 0.000000245. The van der Waals surface area contributed by atoms with Crippen molar-refractivity contribution in [3.8, 4) is 11.6 Å². The summed E-state index contributed by atoms with van der Waals surface area (Å²) in [7, 11) is -0.665. The highest BCUT2D eigenvalue weighted by Crippen LogP contribution is 2.40. The molecule has 0 bridgehead atoms. The number of aryl methyl sites for hydroxylation is 2. The Hall–Kier alpha value is -5.79. The Morgan fingerprint density at radius 1 is 1.03 bits per heavy atom. The van der Waals surface area contributed by atoms with E-state index in [1.807, 2.05) is 13.8 Å². The second-order valence-electron chi connectivity index (χ2n) is 12.8. The Morgan fingerprint density at radius 3 is 2.10 bits per heavy atom. The maximum atomic E-state index is 12.8. The van der Waals surface area contributed by atoms with Crippen molar-refractivity contribution >= 4 is 67.6 Å². The third-order valence-electron chi connectivity index (χ3n) is 9.10. The van der Waals surface area contributed by atoms with E-state index in [1.54, 1.807) is 20.8 Å². The number of carboxylic acids is 1. The van der Waals surface area contributed by atoms with Crippen LogP contribution in [0.5, 0.6) is 11.6 Å². The van der Waals surface area contributed by atoms with Gasteiger partial charge in [0.2, 0.25) is 5.88 Å². The summed E-state index contributed by atoms with van der Waals surface area (Å²) >= 11 is 11.4. The smallest absolute Gasteiger partial charge is 0.341 e. The lowest BCUT2D eigenvalue weighted by atomic mass is 9.93. The number of carbonyl (C=O) groups is 2. The first-order chi connectivity index (χ1) is 27.1. The van der Waals surface area contributed by atoms with Gasteiger partial charge < -0.3 is 25.1 Å². The van der Waals surface area contributed by atoms with E-state index in [0.717, 1.165) is 19.1 Å². The molecule has 0 radical (unpaired) electrons. The molecule has 1 aromatic heterocycles. The number of aromatic carboxylic acids is 1. The van der Waals surface area contributed by atoms with Gasteiger partial charge in [-0.05, 0) is 69.0 Å². The molecule has 0 saturated heterocycles. The first-order valence-electron chi connectivity index (χ1n) is 17.4. The van der Waals surface area contributed by atoms with Crippen molar-refractivity contribution < 1.29 is 47.6 Å². The minimum atomic E-state index is -3.52. The molecule has 1 aliphatic heterocycles. The van der Waals surface area contributed by atoms with E-state index in [0.29, 0.717) is 41.0 Å². The van der Waals surface area contributed by atoms with Crippen molar-refractivity contribution in [2.45, 2.75) is 64.8 Å². The minimum absolute atomic E-state index is 0.0109. The molecule has 0 saturated carbocycles. The molecule has 0 spiro atoms. The minimum Gasteiger partial charge on any atom is -0.494 e. The van der Waals surface area contributed by atoms with E-state index in [9.17, 15) is 43.3 Å². The Bertz CT molecular complexity index is 2400. The number of nitro benzene ring substituents is 2. The van der Waals surface area contributed by atoms with Crippen LogP contribution in [0, 0.1) is 41.0 Å². The standard InChI is InChI=1S/C16H17N3O5S.C13H19N3O4.C8H6Cl2O3/c1-9-10(15(20)11-8-17-19(2)16(11)21)4-5-13(25(3,22)23)14(9)12-6-7-24-18-12;1-5-10(6-2)14-12-11(15(17)18)7-8(3)9(4)13(12)16(19)20;1-13-7-5(10)3-2-4(9)6(7)8(11)12/h4-5,8,21H,6-7H2,1-3H3;7,10,14H,5-6H2,1-4H3;2-3H,1H3,(H,11,12). The zero-order chi connectivity index (χ0) is 43.8. The largest absolute Gasteiger partial charge is 0.494 e. The van der Waals surface area contributed by atoms with E-state index in [4.69, 9.17) is 37.9 Å². The predicted octanol–water partition coefficient (Wildman–Crippen LogP) is 7.61. The summed E-state index contributed by atoms with van der Waals surface area (Å²) in [6, 6.07) is 7.08. The highest BCUT2D eigenvalue weighted by Gasteiger charge is 2.31. The number of hydrogen-bond donors (Lipinski definition) is 3. The van der Waals surface area contributed by atoms with Crippen molar-refractivity contribution in [1.82, 2.24) is 9.78 Å². The van der Waals surface area contributed by atoms with Crippen LogP contribution in [0.25, 0.3) is 0 Å². The second-order valence-corrected chi connectivity index (χ2v) is 15.6. The molecule has 3 aromatic carbocycles. The molecule has 0 fully saturated rings. The third-order valence-corrected chi connectivity index (χ3v) is 10.9. The number of nitro groups is 2. The summed E-state index contributed by atoms with van der Waals surface area (Å²) in [4.78, 5) is 49.9. The second kappa shape index (κ2) is 19.6. The number of halogens is 2. The van der Waals surface area contributed by atoms with Crippen LogP contribution in [0.3, 0.4) is 0 Å². The molecule has 312 valence electrons. The number of anilines is 1. The first kappa shape index (κ1) is 46.6. The molecular weight excluding hydrogens is 823 g/mol. The van der Waals surface area contributed by atoms with Gasteiger partial charge in [0.1, 0.15) is 17.7 Å². The number of oxime groups is 1. The summed E-state index contributed by atoms with van der Waals surface area (Å²) in [5.41, 5.74) is 2.11. The van der Waals surface area contributed by atoms with Crippen LogP contribution in [-0.2, 0) is 21.7 Å². The molecule has 2 heterocycles. The summed E-state index contributed by atoms with van der Waals surface area (Å²) in [5, 5.41) is 52.2. The van der Waals surface area contributed by atoms with Gasteiger partial charge in [0, 0.05) is 48.5 Å².